The topological polar surface area (TPSA) is 57.5 Å². The van der Waals surface area contributed by atoms with Crippen molar-refractivity contribution in [3.05, 3.63) is 12.2 Å². The molecule has 0 aliphatic carbocycles. The molecule has 0 aromatic rings. The van der Waals surface area contributed by atoms with Crippen LogP contribution in [0.15, 0.2) is 12.2 Å². The van der Waals surface area contributed by atoms with Crippen LogP contribution in [0.3, 0.4) is 0 Å². The van der Waals surface area contributed by atoms with Gasteiger partial charge in [-0.25, -0.2) is 9.28 Å². The second-order valence-corrected chi connectivity index (χ2v) is 9.55. The number of allylic oxidation sites excluding steroid dienone is 2. The number of amides is 1. The van der Waals surface area contributed by atoms with Crippen LogP contribution < -0.4 is 12.4 Å². The smallest absolute Gasteiger partial charge is 0.317 e. The summed E-state index contributed by atoms with van der Waals surface area (Å²) in [5, 5.41) is 19.7. The van der Waals surface area contributed by atoms with Gasteiger partial charge in [0.05, 0.1) is 13.5 Å². The Morgan fingerprint density at radius 2 is 1.03 bits per heavy atom. The average molecular weight is 476 g/mol. The Kier molecular flexibility index (Phi) is 23.6. The summed E-state index contributed by atoms with van der Waals surface area (Å²) in [6.07, 6.45) is 25.1. The molecule has 0 heterocycles. The summed E-state index contributed by atoms with van der Waals surface area (Å²) in [7, 11) is 1.61. The lowest BCUT2D eigenvalue weighted by atomic mass is 10.0. The molecule has 0 spiro atoms. The van der Waals surface area contributed by atoms with Crippen LogP contribution in [0.1, 0.15) is 136 Å². The maximum Gasteiger partial charge on any atom is 0.317 e. The summed E-state index contributed by atoms with van der Waals surface area (Å²) < 4.78 is -0.311. The fourth-order valence-electron chi connectivity index (χ4n) is 4.02. The Hall–Kier alpha value is -0.420. The van der Waals surface area contributed by atoms with Crippen molar-refractivity contribution in [3.8, 4) is 0 Å². The van der Waals surface area contributed by atoms with E-state index < -0.39 is 12.5 Å². The van der Waals surface area contributed by atoms with Gasteiger partial charge >= 0.3 is 5.91 Å². The predicted octanol–water partition coefficient (Wildman–Crippen LogP) is 4.24. The molecule has 0 saturated heterocycles. The lowest BCUT2D eigenvalue weighted by molar-refractivity contribution is -0.924. The van der Waals surface area contributed by atoms with Crippen molar-refractivity contribution in [2.45, 2.75) is 149 Å². The number of carbonyl (C=O) groups is 1. The lowest BCUT2D eigenvalue weighted by Crippen LogP contribution is -3.00. The molecular formula is C27H54ClNO3. The van der Waals surface area contributed by atoms with E-state index in [0.29, 0.717) is 6.42 Å². The van der Waals surface area contributed by atoms with Gasteiger partial charge in [-0.2, -0.15) is 0 Å². The van der Waals surface area contributed by atoms with Crippen LogP contribution in [0, 0.1) is 0 Å². The zero-order chi connectivity index (χ0) is 23.4. The number of hydrogen-bond acceptors (Lipinski definition) is 3. The molecule has 0 aromatic heterocycles. The molecular weight excluding hydrogens is 422 g/mol. The van der Waals surface area contributed by atoms with Gasteiger partial charge in [0.2, 0.25) is 0 Å². The molecule has 32 heavy (non-hydrogen) atoms. The van der Waals surface area contributed by atoms with Crippen LogP contribution in [0.5, 0.6) is 0 Å². The number of quaternary nitrogens is 1. The maximum absolute atomic E-state index is 12.4. The van der Waals surface area contributed by atoms with E-state index in [1.165, 1.54) is 96.3 Å². The molecule has 0 aromatic carbocycles. The van der Waals surface area contributed by atoms with Crippen molar-refractivity contribution in [3.63, 3.8) is 0 Å². The van der Waals surface area contributed by atoms with Crippen LogP contribution >= 0.6 is 0 Å². The third-order valence-corrected chi connectivity index (χ3v) is 6.74. The van der Waals surface area contributed by atoms with Crippen LogP contribution in [0.4, 0.5) is 0 Å². The summed E-state index contributed by atoms with van der Waals surface area (Å²) in [5.41, 5.74) is 0. The monoisotopic (exact) mass is 475 g/mol. The van der Waals surface area contributed by atoms with Gasteiger partial charge in [0, 0.05) is 13.8 Å². The molecule has 4 nitrogen and oxygen atoms in total. The molecule has 0 fully saturated rings. The van der Waals surface area contributed by atoms with Crippen molar-refractivity contribution in [2.24, 2.45) is 0 Å². The fourth-order valence-corrected chi connectivity index (χ4v) is 4.02. The van der Waals surface area contributed by atoms with Gasteiger partial charge in [-0.15, -0.1) is 0 Å². The number of nitrogens with zero attached hydrogens (tertiary/aromatic N) is 1. The number of aliphatic hydroxyl groups is 2. The zero-order valence-corrected chi connectivity index (χ0v) is 22.4. The first-order valence-electron chi connectivity index (χ1n) is 13.3. The normalized spacial score (nSPS) is 15.3. The SMILES string of the molecule is CCCCCCCCC=CCCCCCCCCCCCC(=O)[N+](C)(C(C)O)C(C)O.[Cl-]. The number of hydrogen-bond donors (Lipinski definition) is 2. The highest BCUT2D eigenvalue weighted by atomic mass is 35.5. The molecule has 0 aliphatic rings. The molecule has 2 atom stereocenters. The summed E-state index contributed by atoms with van der Waals surface area (Å²) in [6.45, 7) is 5.40. The van der Waals surface area contributed by atoms with Crippen molar-refractivity contribution >= 4 is 5.91 Å². The molecule has 0 saturated carbocycles. The van der Waals surface area contributed by atoms with E-state index in [2.05, 4.69) is 19.1 Å². The first-order valence-corrected chi connectivity index (χ1v) is 13.3. The van der Waals surface area contributed by atoms with Gasteiger partial charge in [0.15, 0.2) is 12.5 Å². The highest BCUT2D eigenvalue weighted by Gasteiger charge is 2.40. The molecule has 0 bridgehead atoms. The van der Waals surface area contributed by atoms with E-state index in [0.717, 1.165) is 12.8 Å². The first-order chi connectivity index (χ1) is 14.9. The van der Waals surface area contributed by atoms with E-state index >= 15 is 0 Å². The van der Waals surface area contributed by atoms with E-state index in [9.17, 15) is 15.0 Å². The quantitative estimate of drug-likeness (QED) is 0.113. The maximum atomic E-state index is 12.4. The van der Waals surface area contributed by atoms with Crippen molar-refractivity contribution < 1.29 is 31.9 Å². The summed E-state index contributed by atoms with van der Waals surface area (Å²) >= 11 is 0. The van der Waals surface area contributed by atoms with Crippen LogP contribution in [-0.2, 0) is 4.79 Å². The standard InChI is InChI=1S/C27H54NO3.ClH/c1-5-6-7-8-9-10-11-12-13-14-15-16-17-18-19-20-21-22-23-24-27(31)28(4,25(2)29)26(3)30;/h12-13,25-26,29-30H,5-11,14-24H2,1-4H3;1H/q+1;/p-1. The second-order valence-electron chi connectivity index (χ2n) is 9.55. The van der Waals surface area contributed by atoms with Crippen LogP contribution in [0.2, 0.25) is 0 Å². The minimum absolute atomic E-state index is 0. The minimum Gasteiger partial charge on any atom is -1.00 e. The number of unbranched alkanes of at least 4 members (excludes halogenated alkanes) is 15. The fraction of sp³-hybridized carbons (Fsp3) is 0.889. The van der Waals surface area contributed by atoms with E-state index in [4.69, 9.17) is 0 Å². The zero-order valence-electron chi connectivity index (χ0n) is 21.7. The Morgan fingerprint density at radius 1 is 0.688 bits per heavy atom. The largest absolute Gasteiger partial charge is 1.00 e. The third-order valence-electron chi connectivity index (χ3n) is 6.74. The first kappa shape index (κ1) is 33.8. The summed E-state index contributed by atoms with van der Waals surface area (Å²) in [6, 6.07) is 0. The van der Waals surface area contributed by atoms with Crippen LogP contribution in [-0.4, -0.2) is 40.1 Å². The second kappa shape index (κ2) is 22.4. The van der Waals surface area contributed by atoms with Crippen molar-refractivity contribution in [1.29, 1.82) is 0 Å². The number of carbonyl (C=O) groups excluding carboxylic acids is 1. The van der Waals surface area contributed by atoms with E-state index in [1.54, 1.807) is 20.9 Å². The van der Waals surface area contributed by atoms with E-state index in [1.807, 2.05) is 0 Å². The molecule has 2 N–H and O–H groups in total. The summed E-state index contributed by atoms with van der Waals surface area (Å²) in [5.74, 6) is -0.0778. The van der Waals surface area contributed by atoms with Crippen molar-refractivity contribution in [1.82, 2.24) is 0 Å². The number of halogens is 1. The predicted molar refractivity (Wildman–Crippen MR) is 132 cm³/mol. The van der Waals surface area contributed by atoms with Gasteiger partial charge in [-0.05, 0) is 32.1 Å². The Bertz CT molecular complexity index is 444. The van der Waals surface area contributed by atoms with Gasteiger partial charge in [-0.1, -0.05) is 96.1 Å². The third kappa shape index (κ3) is 16.2. The molecule has 0 radical (unpaired) electrons. The Balaban J connectivity index is 0. The molecule has 0 rings (SSSR count). The molecule has 2 unspecified atom stereocenters. The highest BCUT2D eigenvalue weighted by molar-refractivity contribution is 5.69. The lowest BCUT2D eigenvalue weighted by Gasteiger charge is -2.36. The van der Waals surface area contributed by atoms with Gasteiger partial charge in [0.25, 0.3) is 0 Å². The van der Waals surface area contributed by atoms with Gasteiger partial charge in [0.1, 0.15) is 0 Å². The number of rotatable bonds is 21. The molecule has 192 valence electrons. The van der Waals surface area contributed by atoms with Crippen LogP contribution in [0.25, 0.3) is 0 Å². The minimum atomic E-state index is -0.886. The Labute approximate surface area is 205 Å². The molecule has 0 aliphatic heterocycles. The van der Waals surface area contributed by atoms with E-state index in [-0.39, 0.29) is 22.8 Å². The van der Waals surface area contributed by atoms with Gasteiger partial charge in [-0.3, -0.25) is 0 Å². The Morgan fingerprint density at radius 3 is 1.41 bits per heavy atom. The number of aliphatic hydroxyl groups excluding tert-OH is 2. The molecule has 1 amide bonds. The highest BCUT2D eigenvalue weighted by Crippen LogP contribution is 2.18. The summed E-state index contributed by atoms with van der Waals surface area (Å²) in [4.78, 5) is 12.4. The average Bonchev–Trinajstić information content (AvgIpc) is 2.74. The molecule has 5 heteroatoms. The van der Waals surface area contributed by atoms with Crippen molar-refractivity contribution in [2.75, 3.05) is 7.05 Å². The van der Waals surface area contributed by atoms with Gasteiger partial charge < -0.3 is 22.6 Å².